The SMILES string of the molecule is CN(C)c1c(C(=O)N[C@H]2CCCc3ccccc32)cnc2c1ccn2-c1cccc(Cl)c1Cl. The molecule has 1 aliphatic carbocycles. The Morgan fingerprint density at radius 1 is 1.12 bits per heavy atom. The molecule has 2 heterocycles. The first-order valence-electron chi connectivity index (χ1n) is 11.0. The van der Waals surface area contributed by atoms with Crippen molar-refractivity contribution in [2.75, 3.05) is 19.0 Å². The Balaban J connectivity index is 1.55. The van der Waals surface area contributed by atoms with Gasteiger partial charge in [-0.15, -0.1) is 0 Å². The average Bonchev–Trinajstić information content (AvgIpc) is 3.24. The van der Waals surface area contributed by atoms with Gasteiger partial charge in [-0.2, -0.15) is 0 Å². The zero-order valence-electron chi connectivity index (χ0n) is 18.5. The number of aromatic nitrogens is 2. The van der Waals surface area contributed by atoms with Gasteiger partial charge in [-0.3, -0.25) is 9.36 Å². The van der Waals surface area contributed by atoms with Crippen LogP contribution in [0.1, 0.15) is 40.4 Å². The molecular weight excluding hydrogens is 455 g/mol. The summed E-state index contributed by atoms with van der Waals surface area (Å²) in [5.41, 5.74) is 5.34. The highest BCUT2D eigenvalue weighted by atomic mass is 35.5. The molecule has 1 atom stereocenters. The summed E-state index contributed by atoms with van der Waals surface area (Å²) >= 11 is 12.7. The van der Waals surface area contributed by atoms with Crippen LogP contribution in [0, 0.1) is 0 Å². The van der Waals surface area contributed by atoms with Crippen LogP contribution in [0.5, 0.6) is 0 Å². The Labute approximate surface area is 202 Å². The molecule has 5 rings (SSSR count). The Kier molecular flexibility index (Phi) is 5.77. The molecule has 0 saturated carbocycles. The first-order valence-corrected chi connectivity index (χ1v) is 11.7. The Morgan fingerprint density at radius 2 is 1.94 bits per heavy atom. The van der Waals surface area contributed by atoms with E-state index in [9.17, 15) is 4.79 Å². The second-order valence-corrected chi connectivity index (χ2v) is 9.31. The highest BCUT2D eigenvalue weighted by Crippen LogP contribution is 2.35. The number of amides is 1. The molecule has 2 aromatic heterocycles. The fraction of sp³-hybridized carbons (Fsp3) is 0.231. The number of hydrogen-bond donors (Lipinski definition) is 1. The lowest BCUT2D eigenvalue weighted by molar-refractivity contribution is 0.0933. The van der Waals surface area contributed by atoms with Gasteiger partial charge in [0, 0.05) is 31.9 Å². The van der Waals surface area contributed by atoms with E-state index in [1.807, 2.05) is 54.0 Å². The number of benzene rings is 2. The lowest BCUT2D eigenvalue weighted by atomic mass is 9.87. The summed E-state index contributed by atoms with van der Waals surface area (Å²) in [6.07, 6.45) is 6.60. The lowest BCUT2D eigenvalue weighted by Crippen LogP contribution is -2.32. The Hall–Kier alpha value is -3.02. The molecule has 2 aromatic carbocycles. The average molecular weight is 479 g/mol. The minimum Gasteiger partial charge on any atom is -0.376 e. The van der Waals surface area contributed by atoms with E-state index in [0.29, 0.717) is 21.3 Å². The van der Waals surface area contributed by atoms with Gasteiger partial charge in [0.15, 0.2) is 0 Å². The smallest absolute Gasteiger partial charge is 0.255 e. The molecule has 5 nitrogen and oxygen atoms in total. The third-order valence-corrected chi connectivity index (χ3v) is 7.05. The predicted molar refractivity (Wildman–Crippen MR) is 135 cm³/mol. The van der Waals surface area contributed by atoms with Gasteiger partial charge in [-0.1, -0.05) is 53.5 Å². The predicted octanol–water partition coefficient (Wildman–Crippen LogP) is 6.21. The maximum absolute atomic E-state index is 13.4. The minimum atomic E-state index is -0.122. The van der Waals surface area contributed by atoms with E-state index < -0.39 is 0 Å². The largest absolute Gasteiger partial charge is 0.376 e. The van der Waals surface area contributed by atoms with E-state index in [4.69, 9.17) is 23.2 Å². The summed E-state index contributed by atoms with van der Waals surface area (Å²) in [5.74, 6) is -0.122. The number of hydrogen-bond acceptors (Lipinski definition) is 3. The summed E-state index contributed by atoms with van der Waals surface area (Å²) in [6.45, 7) is 0. The van der Waals surface area contributed by atoms with Crippen LogP contribution >= 0.6 is 23.2 Å². The van der Waals surface area contributed by atoms with Crippen molar-refractivity contribution in [2.24, 2.45) is 0 Å². The number of carbonyl (C=O) groups excluding carboxylic acids is 1. The van der Waals surface area contributed by atoms with Crippen molar-refractivity contribution in [1.29, 1.82) is 0 Å². The van der Waals surface area contributed by atoms with Crippen molar-refractivity contribution in [2.45, 2.75) is 25.3 Å². The fourth-order valence-electron chi connectivity index (χ4n) is 4.73. The molecule has 0 radical (unpaired) electrons. The monoisotopic (exact) mass is 478 g/mol. The molecule has 0 fully saturated rings. The van der Waals surface area contributed by atoms with Crippen molar-refractivity contribution in [3.63, 3.8) is 0 Å². The van der Waals surface area contributed by atoms with Gasteiger partial charge >= 0.3 is 0 Å². The number of anilines is 1. The van der Waals surface area contributed by atoms with Crippen molar-refractivity contribution in [3.8, 4) is 5.69 Å². The molecule has 4 aromatic rings. The number of pyridine rings is 1. The molecule has 0 bridgehead atoms. The van der Waals surface area contributed by atoms with Crippen LogP contribution in [-0.4, -0.2) is 29.6 Å². The number of rotatable bonds is 4. The normalized spacial score (nSPS) is 15.3. The van der Waals surface area contributed by atoms with Crippen molar-refractivity contribution in [1.82, 2.24) is 14.9 Å². The van der Waals surface area contributed by atoms with Crippen LogP contribution in [0.2, 0.25) is 10.0 Å². The van der Waals surface area contributed by atoms with Crippen LogP contribution < -0.4 is 10.2 Å². The Morgan fingerprint density at radius 3 is 2.76 bits per heavy atom. The standard InChI is InChI=1S/C26H24Cl2N4O/c1-31(2)24-18-13-14-32(22-12-6-10-20(27)23(22)28)25(18)29-15-19(24)26(33)30-21-11-5-8-16-7-3-4-9-17(16)21/h3-4,6-7,9-10,12-15,21H,5,8,11H2,1-2H3,(H,30,33)/t21-/m0/s1. The molecule has 0 spiro atoms. The van der Waals surface area contributed by atoms with Gasteiger partial charge in [-0.25, -0.2) is 4.98 Å². The first kappa shape index (κ1) is 21.8. The first-order chi connectivity index (χ1) is 16.0. The maximum Gasteiger partial charge on any atom is 0.255 e. The van der Waals surface area contributed by atoms with Gasteiger partial charge in [0.05, 0.1) is 33.0 Å². The van der Waals surface area contributed by atoms with Crippen LogP contribution in [0.3, 0.4) is 0 Å². The second kappa shape index (κ2) is 8.73. The van der Waals surface area contributed by atoms with Crippen molar-refractivity contribution < 1.29 is 4.79 Å². The topological polar surface area (TPSA) is 50.2 Å². The van der Waals surface area contributed by atoms with Crippen molar-refractivity contribution >= 4 is 45.8 Å². The van der Waals surface area contributed by atoms with Gasteiger partial charge in [-0.05, 0) is 48.6 Å². The van der Waals surface area contributed by atoms with E-state index >= 15 is 0 Å². The molecule has 7 heteroatoms. The quantitative estimate of drug-likeness (QED) is 0.379. The molecule has 33 heavy (non-hydrogen) atoms. The van der Waals surface area contributed by atoms with Gasteiger partial charge in [0.25, 0.3) is 5.91 Å². The number of carbonyl (C=O) groups is 1. The van der Waals surface area contributed by atoms with Crippen LogP contribution in [0.4, 0.5) is 5.69 Å². The van der Waals surface area contributed by atoms with Gasteiger partial charge in [0.2, 0.25) is 0 Å². The summed E-state index contributed by atoms with van der Waals surface area (Å²) in [6, 6.07) is 15.8. The molecule has 1 aliphatic rings. The Bertz CT molecular complexity index is 1360. The summed E-state index contributed by atoms with van der Waals surface area (Å²) in [4.78, 5) is 20.1. The van der Waals surface area contributed by atoms with E-state index in [0.717, 1.165) is 36.0 Å². The number of nitrogens with zero attached hydrogens (tertiary/aromatic N) is 3. The third-order valence-electron chi connectivity index (χ3n) is 6.24. The van der Waals surface area contributed by atoms with Crippen LogP contribution in [0.15, 0.2) is 60.9 Å². The maximum atomic E-state index is 13.4. The third kappa shape index (κ3) is 3.85. The van der Waals surface area contributed by atoms with Gasteiger partial charge in [0.1, 0.15) is 5.65 Å². The highest BCUT2D eigenvalue weighted by Gasteiger charge is 2.25. The zero-order valence-corrected chi connectivity index (χ0v) is 20.0. The zero-order chi connectivity index (χ0) is 23.1. The van der Waals surface area contributed by atoms with E-state index in [2.05, 4.69) is 28.5 Å². The van der Waals surface area contributed by atoms with E-state index in [-0.39, 0.29) is 11.9 Å². The molecule has 1 amide bonds. The summed E-state index contributed by atoms with van der Waals surface area (Å²) in [5, 5.41) is 5.06. The molecule has 1 N–H and O–H groups in total. The fourth-order valence-corrected chi connectivity index (χ4v) is 5.12. The molecule has 0 saturated heterocycles. The number of halogens is 2. The minimum absolute atomic E-state index is 0.00280. The number of fused-ring (bicyclic) bond motifs is 2. The van der Waals surface area contributed by atoms with Crippen LogP contribution in [0.25, 0.3) is 16.7 Å². The molecular formula is C26H24Cl2N4O. The van der Waals surface area contributed by atoms with Crippen LogP contribution in [-0.2, 0) is 6.42 Å². The van der Waals surface area contributed by atoms with E-state index in [1.54, 1.807) is 12.3 Å². The summed E-state index contributed by atoms with van der Waals surface area (Å²) < 4.78 is 1.90. The highest BCUT2D eigenvalue weighted by molar-refractivity contribution is 6.43. The van der Waals surface area contributed by atoms with Crippen molar-refractivity contribution in [3.05, 3.63) is 87.7 Å². The lowest BCUT2D eigenvalue weighted by Gasteiger charge is -2.27. The summed E-state index contributed by atoms with van der Waals surface area (Å²) in [7, 11) is 3.87. The number of nitrogens with one attached hydrogen (secondary N) is 1. The molecule has 0 aliphatic heterocycles. The molecule has 168 valence electrons. The second-order valence-electron chi connectivity index (χ2n) is 8.53. The molecule has 0 unspecified atom stereocenters. The van der Waals surface area contributed by atoms with E-state index in [1.165, 1.54) is 11.1 Å². The van der Waals surface area contributed by atoms with Gasteiger partial charge < -0.3 is 10.2 Å². The number of aryl methyl sites for hydroxylation is 1.